The van der Waals surface area contributed by atoms with Crippen LogP contribution < -0.4 is 10.8 Å². The molecule has 132 valence electrons. The Morgan fingerprint density at radius 1 is 1.17 bits per heavy atom. The number of benzene rings is 1. The molecule has 1 aliphatic rings. The molecular weight excluding hydrogens is 322 g/mol. The van der Waals surface area contributed by atoms with Gasteiger partial charge >= 0.3 is 13.3 Å². The zero-order valence-corrected chi connectivity index (χ0v) is 14.4. The van der Waals surface area contributed by atoms with Crippen molar-refractivity contribution in [1.29, 1.82) is 0 Å². The summed E-state index contributed by atoms with van der Waals surface area (Å²) in [4.78, 5) is 12.0. The molecule has 1 aliphatic heterocycles. The monoisotopic (exact) mass is 343 g/mol. The minimum Gasteiger partial charge on any atom is -0.399 e. The van der Waals surface area contributed by atoms with Gasteiger partial charge in [-0.1, -0.05) is 0 Å². The van der Waals surface area contributed by atoms with Crippen LogP contribution in [0.1, 0.15) is 50.5 Å². The Morgan fingerprint density at radius 3 is 2.17 bits per heavy atom. The number of carbonyl (C=O) groups excluding carboxylic acids is 1. The van der Waals surface area contributed by atoms with Crippen molar-refractivity contribution in [2.24, 2.45) is 0 Å². The molecule has 0 unspecified atom stereocenters. The molecule has 0 aromatic heterocycles. The van der Waals surface area contributed by atoms with Crippen LogP contribution in [-0.2, 0) is 15.5 Å². The van der Waals surface area contributed by atoms with Crippen molar-refractivity contribution in [3.63, 3.8) is 0 Å². The zero-order valence-electron chi connectivity index (χ0n) is 14.4. The van der Waals surface area contributed by atoms with Crippen LogP contribution in [0.3, 0.4) is 0 Å². The SMILES string of the molecule is CCNC(=O)c1ccc(C(F)(F)F)c(B2OC(C)(C)C(C)(C)O2)c1. The van der Waals surface area contributed by atoms with Gasteiger partial charge in [0.1, 0.15) is 0 Å². The highest BCUT2D eigenvalue weighted by molar-refractivity contribution is 6.62. The van der Waals surface area contributed by atoms with E-state index in [9.17, 15) is 18.0 Å². The van der Waals surface area contributed by atoms with E-state index in [-0.39, 0.29) is 11.0 Å². The van der Waals surface area contributed by atoms with Crippen LogP contribution in [0.5, 0.6) is 0 Å². The smallest absolute Gasteiger partial charge is 0.399 e. The summed E-state index contributed by atoms with van der Waals surface area (Å²) in [6, 6.07) is 3.24. The van der Waals surface area contributed by atoms with Gasteiger partial charge in [0.2, 0.25) is 0 Å². The third-order valence-electron chi connectivity index (χ3n) is 4.46. The fraction of sp³-hybridized carbons (Fsp3) is 0.562. The van der Waals surface area contributed by atoms with E-state index in [1.807, 2.05) is 0 Å². The lowest BCUT2D eigenvalue weighted by atomic mass is 9.75. The van der Waals surface area contributed by atoms with Gasteiger partial charge in [0.15, 0.2) is 0 Å². The van der Waals surface area contributed by atoms with Crippen molar-refractivity contribution in [2.45, 2.75) is 52.0 Å². The largest absolute Gasteiger partial charge is 0.495 e. The maximum atomic E-state index is 13.4. The predicted octanol–water partition coefficient (Wildman–Crippen LogP) is 2.75. The standard InChI is InChI=1S/C16H21BF3NO3/c1-6-21-13(22)10-7-8-11(16(18,19)20)12(9-10)17-23-14(2,3)15(4,5)24-17/h7-9H,6H2,1-5H3,(H,21,22). The Bertz CT molecular complexity index is 628. The number of rotatable bonds is 3. The first kappa shape index (κ1) is 18.8. The summed E-state index contributed by atoms with van der Waals surface area (Å²) >= 11 is 0. The Hall–Kier alpha value is -1.54. The van der Waals surface area contributed by atoms with E-state index in [2.05, 4.69) is 5.32 Å². The molecule has 4 nitrogen and oxygen atoms in total. The summed E-state index contributed by atoms with van der Waals surface area (Å²) in [6.07, 6.45) is -4.57. The van der Waals surface area contributed by atoms with E-state index in [0.29, 0.717) is 6.54 Å². The molecular formula is C16H21BF3NO3. The molecule has 1 heterocycles. The third kappa shape index (κ3) is 3.44. The average Bonchev–Trinajstić information content (AvgIpc) is 2.66. The zero-order chi connectivity index (χ0) is 18.3. The summed E-state index contributed by atoms with van der Waals surface area (Å²) in [5.74, 6) is -0.441. The van der Waals surface area contributed by atoms with E-state index in [1.165, 1.54) is 6.07 Å². The lowest BCUT2D eigenvalue weighted by molar-refractivity contribution is -0.136. The summed E-state index contributed by atoms with van der Waals surface area (Å²) < 4.78 is 51.5. The molecule has 0 saturated carbocycles. The number of alkyl halides is 3. The number of carbonyl (C=O) groups is 1. The van der Waals surface area contributed by atoms with Crippen molar-refractivity contribution in [3.8, 4) is 0 Å². The molecule has 1 N–H and O–H groups in total. The molecule has 1 saturated heterocycles. The van der Waals surface area contributed by atoms with Crippen LogP contribution in [-0.4, -0.2) is 30.8 Å². The normalized spacial score (nSPS) is 19.4. The second-order valence-electron chi connectivity index (χ2n) is 6.75. The molecule has 0 atom stereocenters. The number of hydrogen-bond donors (Lipinski definition) is 1. The van der Waals surface area contributed by atoms with Crippen molar-refractivity contribution < 1.29 is 27.3 Å². The summed E-state index contributed by atoms with van der Waals surface area (Å²) in [5, 5.41) is 2.57. The lowest BCUT2D eigenvalue weighted by Gasteiger charge is -2.32. The van der Waals surface area contributed by atoms with E-state index in [1.54, 1.807) is 34.6 Å². The summed E-state index contributed by atoms with van der Waals surface area (Å²) in [6.45, 7) is 9.15. The quantitative estimate of drug-likeness (QED) is 0.859. The highest BCUT2D eigenvalue weighted by atomic mass is 19.4. The number of nitrogens with one attached hydrogen (secondary N) is 1. The highest BCUT2D eigenvalue weighted by Crippen LogP contribution is 2.38. The molecule has 2 rings (SSSR count). The van der Waals surface area contributed by atoms with E-state index in [4.69, 9.17) is 9.31 Å². The molecule has 0 bridgehead atoms. The van der Waals surface area contributed by atoms with Crippen molar-refractivity contribution >= 4 is 18.5 Å². The molecule has 0 aliphatic carbocycles. The highest BCUT2D eigenvalue weighted by Gasteiger charge is 2.53. The lowest BCUT2D eigenvalue weighted by Crippen LogP contribution is -2.41. The van der Waals surface area contributed by atoms with Crippen molar-refractivity contribution in [2.75, 3.05) is 6.54 Å². The van der Waals surface area contributed by atoms with Crippen LogP contribution in [0, 0.1) is 0 Å². The van der Waals surface area contributed by atoms with Gasteiger partial charge in [0, 0.05) is 12.1 Å². The molecule has 1 amide bonds. The molecule has 1 aromatic rings. The minimum atomic E-state index is -4.57. The number of hydrogen-bond acceptors (Lipinski definition) is 3. The van der Waals surface area contributed by atoms with Gasteiger partial charge in [-0.2, -0.15) is 13.2 Å². The van der Waals surface area contributed by atoms with E-state index < -0.39 is 36.0 Å². The van der Waals surface area contributed by atoms with Crippen LogP contribution >= 0.6 is 0 Å². The van der Waals surface area contributed by atoms with Gasteiger partial charge in [0.05, 0.1) is 16.8 Å². The second-order valence-corrected chi connectivity index (χ2v) is 6.75. The molecule has 24 heavy (non-hydrogen) atoms. The molecule has 0 spiro atoms. The topological polar surface area (TPSA) is 47.6 Å². The first-order valence-electron chi connectivity index (χ1n) is 7.74. The average molecular weight is 343 g/mol. The van der Waals surface area contributed by atoms with Crippen molar-refractivity contribution in [1.82, 2.24) is 5.32 Å². The van der Waals surface area contributed by atoms with Gasteiger partial charge < -0.3 is 14.6 Å². The van der Waals surface area contributed by atoms with Gasteiger partial charge in [-0.15, -0.1) is 0 Å². The Balaban J connectivity index is 2.50. The van der Waals surface area contributed by atoms with Gasteiger partial charge in [-0.25, -0.2) is 0 Å². The van der Waals surface area contributed by atoms with Gasteiger partial charge in [-0.05, 0) is 58.3 Å². The predicted molar refractivity (Wildman–Crippen MR) is 85.2 cm³/mol. The molecule has 8 heteroatoms. The Labute approximate surface area is 139 Å². The summed E-state index contributed by atoms with van der Waals surface area (Å²) in [5.41, 5.74) is -2.47. The number of halogens is 3. The maximum absolute atomic E-state index is 13.4. The van der Waals surface area contributed by atoms with Crippen molar-refractivity contribution in [3.05, 3.63) is 29.3 Å². The first-order valence-corrected chi connectivity index (χ1v) is 7.74. The molecule has 1 aromatic carbocycles. The fourth-order valence-electron chi connectivity index (χ4n) is 2.39. The number of amides is 1. The Morgan fingerprint density at radius 2 is 1.71 bits per heavy atom. The third-order valence-corrected chi connectivity index (χ3v) is 4.46. The first-order chi connectivity index (χ1) is 10.9. The van der Waals surface area contributed by atoms with Crippen LogP contribution in [0.2, 0.25) is 0 Å². The summed E-state index contributed by atoms with van der Waals surface area (Å²) in [7, 11) is -1.19. The van der Waals surface area contributed by atoms with Gasteiger partial charge in [-0.3, -0.25) is 4.79 Å². The molecule has 0 radical (unpaired) electrons. The Kier molecular flexibility index (Phi) is 4.76. The van der Waals surface area contributed by atoms with E-state index >= 15 is 0 Å². The van der Waals surface area contributed by atoms with E-state index in [0.717, 1.165) is 12.1 Å². The second kappa shape index (κ2) is 6.08. The molecule has 1 fully saturated rings. The van der Waals surface area contributed by atoms with Gasteiger partial charge in [0.25, 0.3) is 5.91 Å². The van der Waals surface area contributed by atoms with Crippen LogP contribution in [0.25, 0.3) is 0 Å². The minimum absolute atomic E-state index is 0.134. The fourth-order valence-corrected chi connectivity index (χ4v) is 2.39. The van der Waals surface area contributed by atoms with Crippen LogP contribution in [0.15, 0.2) is 18.2 Å². The maximum Gasteiger partial charge on any atom is 0.495 e. The van der Waals surface area contributed by atoms with Crippen LogP contribution in [0.4, 0.5) is 13.2 Å².